The third-order valence-electron chi connectivity index (χ3n) is 3.80. The summed E-state index contributed by atoms with van der Waals surface area (Å²) < 4.78 is 27.3. The minimum absolute atomic E-state index is 0.0190. The van der Waals surface area contributed by atoms with Gasteiger partial charge in [-0.1, -0.05) is 25.7 Å². The fourth-order valence-corrected chi connectivity index (χ4v) is 4.10. The number of rotatable bonds is 6. The monoisotopic (exact) mass is 375 g/mol. The standard InChI is InChI=1S/C14H18BrNO4S/c15-13-6-5-11(9-12(13)14(17)18)21(19,20)16-8-7-10-3-1-2-4-10/h5-6,9-10,16H,1-4,7-8H2,(H,17,18). The van der Waals surface area contributed by atoms with Crippen molar-refractivity contribution in [3.8, 4) is 0 Å². The molecule has 116 valence electrons. The van der Waals surface area contributed by atoms with Gasteiger partial charge in [-0.05, 0) is 46.5 Å². The molecule has 0 spiro atoms. The maximum atomic E-state index is 12.2. The number of nitrogens with one attached hydrogen (secondary N) is 1. The van der Waals surface area contributed by atoms with E-state index in [2.05, 4.69) is 20.7 Å². The van der Waals surface area contributed by atoms with Crippen LogP contribution in [0.15, 0.2) is 27.6 Å². The van der Waals surface area contributed by atoms with Gasteiger partial charge in [-0.15, -0.1) is 0 Å². The topological polar surface area (TPSA) is 83.5 Å². The lowest BCUT2D eigenvalue weighted by Crippen LogP contribution is -2.26. The zero-order valence-corrected chi connectivity index (χ0v) is 13.9. The molecule has 2 rings (SSSR count). The maximum absolute atomic E-state index is 12.2. The number of hydrogen-bond donors (Lipinski definition) is 2. The molecular formula is C14H18BrNO4S. The van der Waals surface area contributed by atoms with Crippen LogP contribution >= 0.6 is 15.9 Å². The predicted octanol–water partition coefficient (Wildman–Crippen LogP) is 3.01. The molecule has 0 atom stereocenters. The van der Waals surface area contributed by atoms with Gasteiger partial charge in [0.1, 0.15) is 0 Å². The van der Waals surface area contributed by atoms with Crippen LogP contribution in [0.25, 0.3) is 0 Å². The van der Waals surface area contributed by atoms with E-state index in [1.807, 2.05) is 0 Å². The molecule has 1 fully saturated rings. The van der Waals surface area contributed by atoms with E-state index in [0.717, 1.165) is 6.42 Å². The summed E-state index contributed by atoms with van der Waals surface area (Å²) in [5.74, 6) is -0.558. The Kier molecular flexibility index (Phi) is 5.40. The SMILES string of the molecule is O=C(O)c1cc(S(=O)(=O)NCCC2CCCC2)ccc1Br. The smallest absolute Gasteiger partial charge is 0.336 e. The summed E-state index contributed by atoms with van der Waals surface area (Å²) in [7, 11) is -3.66. The fraction of sp³-hybridized carbons (Fsp3) is 0.500. The van der Waals surface area contributed by atoms with E-state index in [9.17, 15) is 13.2 Å². The van der Waals surface area contributed by atoms with Crippen LogP contribution in [0.4, 0.5) is 0 Å². The summed E-state index contributed by atoms with van der Waals surface area (Å²) in [5.41, 5.74) is -0.0614. The van der Waals surface area contributed by atoms with E-state index in [1.165, 1.54) is 43.9 Å². The molecule has 21 heavy (non-hydrogen) atoms. The van der Waals surface area contributed by atoms with E-state index < -0.39 is 16.0 Å². The number of hydrogen-bond acceptors (Lipinski definition) is 3. The van der Waals surface area contributed by atoms with Crippen molar-refractivity contribution in [3.63, 3.8) is 0 Å². The van der Waals surface area contributed by atoms with Gasteiger partial charge in [0.05, 0.1) is 10.5 Å². The number of aromatic carboxylic acids is 1. The molecular weight excluding hydrogens is 358 g/mol. The van der Waals surface area contributed by atoms with Crippen LogP contribution in [0.3, 0.4) is 0 Å². The number of halogens is 1. The van der Waals surface area contributed by atoms with Crippen LogP contribution < -0.4 is 4.72 Å². The fourth-order valence-electron chi connectivity index (χ4n) is 2.62. The molecule has 1 aliphatic rings. The molecule has 0 saturated heterocycles. The molecule has 1 aliphatic carbocycles. The summed E-state index contributed by atoms with van der Waals surface area (Å²) in [6.45, 7) is 0.394. The van der Waals surface area contributed by atoms with Gasteiger partial charge < -0.3 is 5.11 Å². The first-order valence-electron chi connectivity index (χ1n) is 6.92. The lowest BCUT2D eigenvalue weighted by atomic mass is 10.1. The molecule has 0 unspecified atom stereocenters. The normalized spacial score (nSPS) is 16.2. The first-order valence-corrected chi connectivity index (χ1v) is 9.20. The summed E-state index contributed by atoms with van der Waals surface area (Å²) in [5, 5.41) is 9.03. The molecule has 0 aliphatic heterocycles. The highest BCUT2D eigenvalue weighted by Gasteiger charge is 2.19. The van der Waals surface area contributed by atoms with Crippen molar-refractivity contribution in [1.82, 2.24) is 4.72 Å². The minimum atomic E-state index is -3.66. The molecule has 0 amide bonds. The van der Waals surface area contributed by atoms with Crippen molar-refractivity contribution in [1.29, 1.82) is 0 Å². The van der Waals surface area contributed by atoms with Gasteiger partial charge in [-0.3, -0.25) is 0 Å². The maximum Gasteiger partial charge on any atom is 0.336 e. The lowest BCUT2D eigenvalue weighted by Gasteiger charge is -2.11. The van der Waals surface area contributed by atoms with Crippen LogP contribution in [0, 0.1) is 5.92 Å². The molecule has 1 saturated carbocycles. The van der Waals surface area contributed by atoms with Crippen LogP contribution in [-0.4, -0.2) is 26.0 Å². The second-order valence-corrected chi connectivity index (χ2v) is 7.91. The lowest BCUT2D eigenvalue weighted by molar-refractivity contribution is 0.0695. The first kappa shape index (κ1) is 16.5. The van der Waals surface area contributed by atoms with Gasteiger partial charge in [-0.2, -0.15) is 0 Å². The Balaban J connectivity index is 2.04. The number of sulfonamides is 1. The van der Waals surface area contributed by atoms with Crippen molar-refractivity contribution in [2.24, 2.45) is 5.92 Å². The predicted molar refractivity (Wildman–Crippen MR) is 82.9 cm³/mol. The van der Waals surface area contributed by atoms with Gasteiger partial charge in [0.2, 0.25) is 10.0 Å². The zero-order chi connectivity index (χ0) is 15.5. The highest BCUT2D eigenvalue weighted by Crippen LogP contribution is 2.27. The molecule has 2 N–H and O–H groups in total. The van der Waals surface area contributed by atoms with Crippen LogP contribution in [0.1, 0.15) is 42.5 Å². The highest BCUT2D eigenvalue weighted by molar-refractivity contribution is 9.10. The first-order chi connectivity index (χ1) is 9.90. The second-order valence-electron chi connectivity index (χ2n) is 5.28. The van der Waals surface area contributed by atoms with Crippen molar-refractivity contribution >= 4 is 31.9 Å². The molecule has 7 heteroatoms. The molecule has 5 nitrogen and oxygen atoms in total. The summed E-state index contributed by atoms with van der Waals surface area (Å²) in [6.07, 6.45) is 5.63. The Labute approximate surface area is 132 Å². The number of carbonyl (C=O) groups is 1. The third kappa shape index (κ3) is 4.28. The summed E-state index contributed by atoms with van der Waals surface area (Å²) in [6, 6.07) is 4.01. The van der Waals surface area contributed by atoms with Crippen molar-refractivity contribution in [3.05, 3.63) is 28.2 Å². The zero-order valence-electron chi connectivity index (χ0n) is 11.5. The van der Waals surface area contributed by atoms with Gasteiger partial charge in [-0.25, -0.2) is 17.9 Å². The van der Waals surface area contributed by atoms with Crippen LogP contribution in [0.2, 0.25) is 0 Å². The molecule has 0 heterocycles. The Morgan fingerprint density at radius 2 is 2.00 bits per heavy atom. The van der Waals surface area contributed by atoms with Crippen molar-refractivity contribution < 1.29 is 18.3 Å². The van der Waals surface area contributed by atoms with Gasteiger partial charge in [0.25, 0.3) is 0 Å². The van der Waals surface area contributed by atoms with Gasteiger partial charge in [0, 0.05) is 11.0 Å². The van der Waals surface area contributed by atoms with Crippen molar-refractivity contribution in [2.45, 2.75) is 37.0 Å². The Hall–Kier alpha value is -0.920. The van der Waals surface area contributed by atoms with E-state index in [0.29, 0.717) is 16.9 Å². The molecule has 0 radical (unpaired) electrons. The minimum Gasteiger partial charge on any atom is -0.478 e. The number of carboxylic acids is 1. The van der Waals surface area contributed by atoms with Crippen molar-refractivity contribution in [2.75, 3.05) is 6.54 Å². The van der Waals surface area contributed by atoms with E-state index >= 15 is 0 Å². The highest BCUT2D eigenvalue weighted by atomic mass is 79.9. The largest absolute Gasteiger partial charge is 0.478 e. The average Bonchev–Trinajstić information content (AvgIpc) is 2.91. The van der Waals surface area contributed by atoms with Crippen LogP contribution in [0.5, 0.6) is 0 Å². The second kappa shape index (κ2) is 6.89. The number of benzene rings is 1. The van der Waals surface area contributed by atoms with Gasteiger partial charge in [0.15, 0.2) is 0 Å². The number of carboxylic acid groups (broad SMARTS) is 1. The van der Waals surface area contributed by atoms with E-state index in [-0.39, 0.29) is 10.5 Å². The molecule has 1 aromatic rings. The van der Waals surface area contributed by atoms with E-state index in [1.54, 1.807) is 0 Å². The quantitative estimate of drug-likeness (QED) is 0.800. The molecule has 0 bridgehead atoms. The molecule has 1 aromatic carbocycles. The Bertz CT molecular complexity index is 624. The summed E-state index contributed by atoms with van der Waals surface area (Å²) in [4.78, 5) is 11.0. The Morgan fingerprint density at radius 3 is 2.62 bits per heavy atom. The Morgan fingerprint density at radius 1 is 1.33 bits per heavy atom. The van der Waals surface area contributed by atoms with Gasteiger partial charge >= 0.3 is 5.97 Å². The third-order valence-corrected chi connectivity index (χ3v) is 5.95. The van der Waals surface area contributed by atoms with E-state index in [4.69, 9.17) is 5.11 Å². The summed E-state index contributed by atoms with van der Waals surface area (Å²) >= 11 is 3.10. The van der Waals surface area contributed by atoms with Crippen LogP contribution in [-0.2, 0) is 10.0 Å². The average molecular weight is 376 g/mol. The molecule has 0 aromatic heterocycles.